The molecule has 22 heavy (non-hydrogen) atoms. The summed E-state index contributed by atoms with van der Waals surface area (Å²) in [6, 6.07) is 5.03. The first-order valence-electron chi connectivity index (χ1n) is 6.51. The number of carbonyl (C=O) groups excluding carboxylic acids is 2. The molecule has 0 aliphatic carbocycles. The summed E-state index contributed by atoms with van der Waals surface area (Å²) in [7, 11) is 1.86. The van der Waals surface area contributed by atoms with Crippen LogP contribution in [0.2, 0.25) is 4.34 Å². The fraction of sp³-hybridized carbons (Fsp3) is 0.286. The molecular weight excluding hydrogens is 342 g/mol. The maximum Gasteiger partial charge on any atom is 0.251 e. The first kappa shape index (κ1) is 17.0. The second-order valence-corrected chi connectivity index (χ2v) is 7.53. The number of anilines is 1. The Bertz CT molecular complexity index is 683. The predicted octanol–water partition coefficient (Wildman–Crippen LogP) is 3.02. The van der Waals surface area contributed by atoms with E-state index in [-0.39, 0.29) is 11.9 Å². The van der Waals surface area contributed by atoms with Crippen LogP contribution in [0.4, 0.5) is 5.00 Å². The monoisotopic (exact) mass is 357 g/mol. The molecular formula is C14H16ClN3O2S2. The number of carbonyl (C=O) groups is 2. The maximum atomic E-state index is 12.3. The summed E-state index contributed by atoms with van der Waals surface area (Å²) in [6.45, 7) is 2.43. The summed E-state index contributed by atoms with van der Waals surface area (Å²) < 4.78 is 0.727. The lowest BCUT2D eigenvalue weighted by Crippen LogP contribution is -2.39. The third kappa shape index (κ3) is 4.07. The van der Waals surface area contributed by atoms with Gasteiger partial charge in [-0.05, 0) is 37.6 Å². The Labute approximate surface area is 141 Å². The van der Waals surface area contributed by atoms with E-state index in [9.17, 15) is 9.59 Å². The molecule has 0 aliphatic heterocycles. The van der Waals surface area contributed by atoms with Crippen LogP contribution in [0.15, 0.2) is 23.6 Å². The molecule has 118 valence electrons. The molecule has 0 aromatic carbocycles. The largest absolute Gasteiger partial charge is 0.366 e. The van der Waals surface area contributed by atoms with Crippen molar-refractivity contribution in [2.75, 3.05) is 12.4 Å². The van der Waals surface area contributed by atoms with Crippen molar-refractivity contribution in [2.24, 2.45) is 5.73 Å². The standard InChI is InChI=1S/C14H16ClN3O2S2/c1-8(18(2)7-9-3-4-11(15)22-9)13(20)17-14-10(12(16)19)5-6-21-14/h3-6,8H,7H2,1-2H3,(H2,16,19)(H,17,20). The van der Waals surface area contributed by atoms with Crippen molar-refractivity contribution in [1.29, 1.82) is 0 Å². The van der Waals surface area contributed by atoms with Gasteiger partial charge in [0.15, 0.2) is 0 Å². The van der Waals surface area contributed by atoms with E-state index >= 15 is 0 Å². The minimum atomic E-state index is -0.550. The Hall–Kier alpha value is -1.41. The van der Waals surface area contributed by atoms with E-state index in [4.69, 9.17) is 17.3 Å². The van der Waals surface area contributed by atoms with Crippen molar-refractivity contribution in [2.45, 2.75) is 19.5 Å². The van der Waals surface area contributed by atoms with Gasteiger partial charge in [0.2, 0.25) is 5.91 Å². The molecule has 1 unspecified atom stereocenters. The van der Waals surface area contributed by atoms with Gasteiger partial charge in [0, 0.05) is 11.4 Å². The molecule has 0 spiro atoms. The molecule has 2 amide bonds. The van der Waals surface area contributed by atoms with E-state index < -0.39 is 5.91 Å². The van der Waals surface area contributed by atoms with E-state index in [2.05, 4.69) is 5.32 Å². The summed E-state index contributed by atoms with van der Waals surface area (Å²) in [5.74, 6) is -0.735. The average molecular weight is 358 g/mol. The number of nitrogens with two attached hydrogens (primary N) is 1. The Morgan fingerprint density at radius 2 is 2.14 bits per heavy atom. The predicted molar refractivity (Wildman–Crippen MR) is 91.7 cm³/mol. The molecule has 0 fully saturated rings. The van der Waals surface area contributed by atoms with E-state index in [0.29, 0.717) is 17.1 Å². The van der Waals surface area contributed by atoms with Crippen LogP contribution in [-0.2, 0) is 11.3 Å². The second kappa shape index (κ2) is 7.23. The summed E-state index contributed by atoms with van der Waals surface area (Å²) >= 11 is 8.67. The number of primary amides is 1. The van der Waals surface area contributed by atoms with E-state index in [0.717, 1.165) is 9.21 Å². The first-order valence-corrected chi connectivity index (χ1v) is 8.58. The Morgan fingerprint density at radius 1 is 1.41 bits per heavy atom. The van der Waals surface area contributed by atoms with Gasteiger partial charge in [0.1, 0.15) is 5.00 Å². The molecule has 8 heteroatoms. The van der Waals surface area contributed by atoms with Crippen molar-refractivity contribution in [3.8, 4) is 0 Å². The normalized spacial score (nSPS) is 12.4. The smallest absolute Gasteiger partial charge is 0.251 e. The Morgan fingerprint density at radius 3 is 2.73 bits per heavy atom. The molecule has 0 aliphatic rings. The summed E-state index contributed by atoms with van der Waals surface area (Å²) in [5, 5.41) is 4.96. The highest BCUT2D eigenvalue weighted by atomic mass is 35.5. The van der Waals surface area contributed by atoms with Crippen LogP contribution in [-0.4, -0.2) is 29.8 Å². The van der Waals surface area contributed by atoms with Crippen LogP contribution >= 0.6 is 34.3 Å². The number of hydrogen-bond donors (Lipinski definition) is 2. The van der Waals surface area contributed by atoms with E-state index in [1.54, 1.807) is 11.4 Å². The highest BCUT2D eigenvalue weighted by Gasteiger charge is 2.21. The lowest BCUT2D eigenvalue weighted by molar-refractivity contribution is -0.120. The number of nitrogens with zero attached hydrogens (tertiary/aromatic N) is 1. The zero-order chi connectivity index (χ0) is 16.3. The molecule has 0 saturated carbocycles. The van der Waals surface area contributed by atoms with Crippen LogP contribution in [0.25, 0.3) is 0 Å². The van der Waals surface area contributed by atoms with Gasteiger partial charge in [0.05, 0.1) is 15.9 Å². The molecule has 2 aromatic heterocycles. The van der Waals surface area contributed by atoms with Crippen molar-refractivity contribution in [3.63, 3.8) is 0 Å². The lowest BCUT2D eigenvalue weighted by Gasteiger charge is -2.23. The van der Waals surface area contributed by atoms with Gasteiger partial charge in [-0.15, -0.1) is 22.7 Å². The molecule has 2 rings (SSSR count). The summed E-state index contributed by atoms with van der Waals surface area (Å²) in [5.41, 5.74) is 5.60. The van der Waals surface area contributed by atoms with Gasteiger partial charge in [0.25, 0.3) is 5.91 Å². The van der Waals surface area contributed by atoms with Crippen molar-refractivity contribution < 1.29 is 9.59 Å². The summed E-state index contributed by atoms with van der Waals surface area (Å²) in [4.78, 5) is 26.6. The van der Waals surface area contributed by atoms with Gasteiger partial charge < -0.3 is 11.1 Å². The number of amides is 2. The number of thiophene rings is 2. The van der Waals surface area contributed by atoms with Gasteiger partial charge in [-0.25, -0.2) is 0 Å². The molecule has 2 heterocycles. The van der Waals surface area contributed by atoms with Crippen molar-refractivity contribution >= 4 is 51.1 Å². The molecule has 0 saturated heterocycles. The average Bonchev–Trinajstić information content (AvgIpc) is 3.07. The third-order valence-corrected chi connectivity index (χ3v) is 5.29. The van der Waals surface area contributed by atoms with Crippen molar-refractivity contribution in [1.82, 2.24) is 4.90 Å². The minimum Gasteiger partial charge on any atom is -0.366 e. The number of hydrogen-bond acceptors (Lipinski definition) is 5. The summed E-state index contributed by atoms with van der Waals surface area (Å²) in [6.07, 6.45) is 0. The van der Waals surface area contributed by atoms with Gasteiger partial charge in [-0.3, -0.25) is 14.5 Å². The quantitative estimate of drug-likeness (QED) is 0.834. The van der Waals surface area contributed by atoms with Crippen LogP contribution in [0.3, 0.4) is 0 Å². The van der Waals surface area contributed by atoms with Crippen LogP contribution < -0.4 is 11.1 Å². The topological polar surface area (TPSA) is 75.4 Å². The van der Waals surface area contributed by atoms with Crippen LogP contribution in [0.1, 0.15) is 22.2 Å². The van der Waals surface area contributed by atoms with E-state index in [1.165, 1.54) is 22.7 Å². The highest BCUT2D eigenvalue weighted by Crippen LogP contribution is 2.24. The zero-order valence-corrected chi connectivity index (χ0v) is 14.5. The van der Waals surface area contributed by atoms with E-state index in [1.807, 2.05) is 31.0 Å². The molecule has 3 N–H and O–H groups in total. The molecule has 2 aromatic rings. The lowest BCUT2D eigenvalue weighted by atomic mass is 10.2. The van der Waals surface area contributed by atoms with Gasteiger partial charge in [-0.2, -0.15) is 0 Å². The number of halogens is 1. The maximum absolute atomic E-state index is 12.3. The van der Waals surface area contributed by atoms with Crippen LogP contribution in [0.5, 0.6) is 0 Å². The molecule has 5 nitrogen and oxygen atoms in total. The number of rotatable bonds is 6. The van der Waals surface area contributed by atoms with Crippen LogP contribution in [0, 0.1) is 0 Å². The Balaban J connectivity index is 1.99. The SMILES string of the molecule is CC(C(=O)Nc1sccc1C(N)=O)N(C)Cc1ccc(Cl)s1. The third-order valence-electron chi connectivity index (χ3n) is 3.24. The highest BCUT2D eigenvalue weighted by molar-refractivity contribution is 7.16. The zero-order valence-electron chi connectivity index (χ0n) is 12.1. The Kier molecular flexibility index (Phi) is 5.57. The minimum absolute atomic E-state index is 0.185. The molecule has 0 radical (unpaired) electrons. The second-order valence-electron chi connectivity index (χ2n) is 4.81. The number of nitrogens with one attached hydrogen (secondary N) is 1. The number of likely N-dealkylation sites (N-methyl/N-ethyl adjacent to an activating group) is 1. The van der Waals surface area contributed by atoms with Gasteiger partial charge >= 0.3 is 0 Å². The molecule has 0 bridgehead atoms. The molecule has 1 atom stereocenters. The first-order chi connectivity index (χ1) is 10.4. The fourth-order valence-electron chi connectivity index (χ4n) is 1.84. The fourth-order valence-corrected chi connectivity index (χ4v) is 3.78. The van der Waals surface area contributed by atoms with Crippen molar-refractivity contribution in [3.05, 3.63) is 38.4 Å². The van der Waals surface area contributed by atoms with Gasteiger partial charge in [-0.1, -0.05) is 11.6 Å².